The van der Waals surface area contributed by atoms with Gasteiger partial charge in [-0.25, -0.2) is 4.79 Å². The van der Waals surface area contributed by atoms with Crippen LogP contribution in [0.4, 0.5) is 10.6 Å². The molecule has 5 N–H and O–H groups in total. The molecule has 0 unspecified atom stereocenters. The molecule has 4 aliphatic rings. The van der Waals surface area contributed by atoms with Crippen molar-refractivity contribution in [2.24, 2.45) is 16.6 Å². The summed E-state index contributed by atoms with van der Waals surface area (Å²) in [7, 11) is 0. The Morgan fingerprint density at radius 3 is 2.61 bits per heavy atom. The second-order valence-electron chi connectivity index (χ2n) is 8.95. The smallest absolute Gasteiger partial charge is 0.407 e. The highest BCUT2D eigenvalue weighted by atomic mass is 16.6. The molecule has 28 heavy (non-hydrogen) atoms. The Bertz CT molecular complexity index is 797. The number of aromatic nitrogens is 2. The maximum absolute atomic E-state index is 12.5. The highest BCUT2D eigenvalue weighted by Gasteiger charge is 2.74. The number of anilines is 1. The number of aromatic amines is 1. The van der Waals surface area contributed by atoms with Crippen molar-refractivity contribution in [3.8, 4) is 0 Å². The Balaban J connectivity index is 1.28. The number of ether oxygens (including phenoxy) is 1. The fourth-order valence-electron chi connectivity index (χ4n) is 4.90. The third-order valence-corrected chi connectivity index (χ3v) is 6.38. The summed E-state index contributed by atoms with van der Waals surface area (Å²) in [6.07, 6.45) is 3.54. The first kappa shape index (κ1) is 18.8. The van der Waals surface area contributed by atoms with Gasteiger partial charge in [0.2, 0.25) is 11.8 Å². The standard InChI is InChI=1S/C19H27N5O4/c1-10(2)21-17(27)28-12-4-3-11(5-12)13-6-14(24-23-13)22-16(26)19-7-18(8-19,9-19)15(20)25/h6,10-12H,3-5,7-9H2,1-2H3,(H2,20,25)(H,21,27)(H2,22,23,24,26)/t11-,12+,18?,19?/m0/s1. The van der Waals surface area contributed by atoms with E-state index >= 15 is 0 Å². The molecule has 0 saturated heterocycles. The monoisotopic (exact) mass is 389 g/mol. The number of H-pyrrole nitrogens is 1. The molecule has 2 bridgehead atoms. The molecule has 152 valence electrons. The number of nitrogens with one attached hydrogen (secondary N) is 3. The average molecular weight is 389 g/mol. The zero-order valence-electron chi connectivity index (χ0n) is 16.2. The molecule has 4 saturated carbocycles. The van der Waals surface area contributed by atoms with Crippen LogP contribution in [0, 0.1) is 10.8 Å². The van der Waals surface area contributed by atoms with Crippen molar-refractivity contribution in [3.05, 3.63) is 11.8 Å². The number of amides is 3. The third-order valence-electron chi connectivity index (χ3n) is 6.38. The summed E-state index contributed by atoms with van der Waals surface area (Å²) in [5.41, 5.74) is 5.42. The molecular formula is C19H27N5O4. The van der Waals surface area contributed by atoms with Crippen LogP contribution in [-0.2, 0) is 14.3 Å². The van der Waals surface area contributed by atoms with E-state index in [9.17, 15) is 14.4 Å². The summed E-state index contributed by atoms with van der Waals surface area (Å²) >= 11 is 0. The minimum absolute atomic E-state index is 0.0439. The number of hydrogen-bond acceptors (Lipinski definition) is 5. The topological polar surface area (TPSA) is 139 Å². The molecule has 9 heteroatoms. The average Bonchev–Trinajstić information content (AvgIpc) is 3.12. The number of rotatable bonds is 6. The van der Waals surface area contributed by atoms with Gasteiger partial charge < -0.3 is 21.1 Å². The Hall–Kier alpha value is -2.58. The number of hydrogen-bond donors (Lipinski definition) is 4. The van der Waals surface area contributed by atoms with Crippen molar-refractivity contribution in [3.63, 3.8) is 0 Å². The lowest BCUT2D eigenvalue weighted by atomic mass is 9.34. The minimum Gasteiger partial charge on any atom is -0.446 e. The van der Waals surface area contributed by atoms with Crippen LogP contribution in [0.25, 0.3) is 0 Å². The Kier molecular flexibility index (Phi) is 4.35. The van der Waals surface area contributed by atoms with Crippen LogP contribution < -0.4 is 16.4 Å². The molecule has 5 rings (SSSR count). The molecule has 0 aromatic carbocycles. The van der Waals surface area contributed by atoms with Gasteiger partial charge in [0.25, 0.3) is 0 Å². The van der Waals surface area contributed by atoms with E-state index in [0.29, 0.717) is 25.1 Å². The van der Waals surface area contributed by atoms with E-state index in [2.05, 4.69) is 20.8 Å². The van der Waals surface area contributed by atoms with Gasteiger partial charge in [-0.05, 0) is 52.4 Å². The molecule has 1 aromatic rings. The summed E-state index contributed by atoms with van der Waals surface area (Å²) in [6.45, 7) is 3.78. The fraction of sp³-hybridized carbons (Fsp3) is 0.684. The number of carbonyl (C=O) groups excluding carboxylic acids is 3. The van der Waals surface area contributed by atoms with E-state index in [1.54, 1.807) is 0 Å². The van der Waals surface area contributed by atoms with Gasteiger partial charge in [0, 0.05) is 23.7 Å². The van der Waals surface area contributed by atoms with Gasteiger partial charge in [-0.15, -0.1) is 0 Å². The first-order valence-electron chi connectivity index (χ1n) is 9.85. The van der Waals surface area contributed by atoms with E-state index in [4.69, 9.17) is 10.5 Å². The van der Waals surface area contributed by atoms with Crippen LogP contribution in [0.15, 0.2) is 6.07 Å². The number of carbonyl (C=O) groups is 3. The van der Waals surface area contributed by atoms with Gasteiger partial charge in [0.1, 0.15) is 6.10 Å². The van der Waals surface area contributed by atoms with Crippen LogP contribution >= 0.6 is 0 Å². The molecule has 0 radical (unpaired) electrons. The lowest BCUT2D eigenvalue weighted by Gasteiger charge is -2.67. The molecule has 4 fully saturated rings. The molecule has 4 aliphatic carbocycles. The van der Waals surface area contributed by atoms with Gasteiger partial charge in [0.15, 0.2) is 5.82 Å². The van der Waals surface area contributed by atoms with Gasteiger partial charge in [-0.1, -0.05) is 0 Å². The Labute approximate surface area is 163 Å². The van der Waals surface area contributed by atoms with Crippen LogP contribution in [0.2, 0.25) is 0 Å². The zero-order chi connectivity index (χ0) is 20.1. The van der Waals surface area contributed by atoms with Crippen molar-refractivity contribution in [1.82, 2.24) is 15.5 Å². The zero-order valence-corrected chi connectivity index (χ0v) is 16.2. The van der Waals surface area contributed by atoms with Crippen LogP contribution in [0.3, 0.4) is 0 Å². The quantitative estimate of drug-likeness (QED) is 0.587. The third kappa shape index (κ3) is 3.12. The molecule has 1 heterocycles. The molecule has 0 aliphatic heterocycles. The first-order valence-corrected chi connectivity index (χ1v) is 9.85. The number of nitrogens with zero attached hydrogens (tertiary/aromatic N) is 1. The van der Waals surface area contributed by atoms with Gasteiger partial charge in [-0.2, -0.15) is 5.10 Å². The van der Waals surface area contributed by atoms with Crippen molar-refractivity contribution in [2.45, 2.75) is 70.4 Å². The van der Waals surface area contributed by atoms with Gasteiger partial charge in [-0.3, -0.25) is 14.7 Å². The van der Waals surface area contributed by atoms with E-state index in [0.717, 1.165) is 25.0 Å². The number of alkyl carbamates (subject to hydrolysis) is 1. The van der Waals surface area contributed by atoms with Gasteiger partial charge in [0.05, 0.1) is 10.8 Å². The van der Waals surface area contributed by atoms with Crippen molar-refractivity contribution in [1.29, 1.82) is 0 Å². The maximum atomic E-state index is 12.5. The molecule has 0 spiro atoms. The van der Waals surface area contributed by atoms with Gasteiger partial charge >= 0.3 is 6.09 Å². The second kappa shape index (κ2) is 6.49. The van der Waals surface area contributed by atoms with Crippen LogP contribution in [-0.4, -0.2) is 40.3 Å². The lowest BCUT2D eigenvalue weighted by molar-refractivity contribution is -0.202. The summed E-state index contributed by atoms with van der Waals surface area (Å²) in [5, 5.41) is 12.8. The van der Waals surface area contributed by atoms with E-state index in [-0.39, 0.29) is 36.0 Å². The fourth-order valence-corrected chi connectivity index (χ4v) is 4.90. The molecule has 3 amide bonds. The summed E-state index contributed by atoms with van der Waals surface area (Å²) < 4.78 is 5.45. The summed E-state index contributed by atoms with van der Waals surface area (Å²) in [4.78, 5) is 35.7. The molecule has 1 aromatic heterocycles. The van der Waals surface area contributed by atoms with Crippen LogP contribution in [0.1, 0.15) is 64.0 Å². The van der Waals surface area contributed by atoms with Crippen molar-refractivity contribution < 1.29 is 19.1 Å². The highest BCUT2D eigenvalue weighted by Crippen LogP contribution is 2.73. The SMILES string of the molecule is CC(C)NC(=O)O[C@@H]1CC[C@H](c2cc(NC(=O)C34CC(C(N)=O)(C3)C4)n[nH]2)C1. The molecule has 2 atom stereocenters. The largest absolute Gasteiger partial charge is 0.446 e. The van der Waals surface area contributed by atoms with Crippen molar-refractivity contribution >= 4 is 23.7 Å². The van der Waals surface area contributed by atoms with Crippen molar-refractivity contribution in [2.75, 3.05) is 5.32 Å². The lowest BCUT2D eigenvalue weighted by Crippen LogP contribution is -2.71. The Morgan fingerprint density at radius 1 is 1.25 bits per heavy atom. The molecule has 9 nitrogen and oxygen atoms in total. The predicted molar refractivity (Wildman–Crippen MR) is 100 cm³/mol. The second-order valence-corrected chi connectivity index (χ2v) is 8.95. The predicted octanol–water partition coefficient (Wildman–Crippen LogP) is 1.77. The first-order chi connectivity index (χ1) is 13.2. The maximum Gasteiger partial charge on any atom is 0.407 e. The van der Waals surface area contributed by atoms with Crippen LogP contribution in [0.5, 0.6) is 0 Å². The van der Waals surface area contributed by atoms with E-state index < -0.39 is 10.8 Å². The highest BCUT2D eigenvalue weighted by molar-refractivity contribution is 6.01. The van der Waals surface area contributed by atoms with E-state index in [1.807, 2.05) is 19.9 Å². The summed E-state index contributed by atoms with van der Waals surface area (Å²) in [6, 6.07) is 1.89. The Morgan fingerprint density at radius 2 is 1.96 bits per heavy atom. The van der Waals surface area contributed by atoms with E-state index in [1.165, 1.54) is 0 Å². The summed E-state index contributed by atoms with van der Waals surface area (Å²) in [5.74, 6) is 0.304. The number of nitrogens with two attached hydrogens (primary N) is 1. The normalized spacial score (nSPS) is 33.0. The minimum atomic E-state index is -0.454. The molecular weight excluding hydrogens is 362 g/mol. The number of primary amides is 1.